The summed E-state index contributed by atoms with van der Waals surface area (Å²) >= 11 is 0. The van der Waals surface area contributed by atoms with Crippen LogP contribution in [0, 0.1) is 0 Å². The first-order valence-corrected chi connectivity index (χ1v) is 11.2. The third-order valence-corrected chi connectivity index (χ3v) is 4.93. The summed E-state index contributed by atoms with van der Waals surface area (Å²) < 4.78 is 10.8. The number of nitrogens with one attached hydrogen (secondary N) is 4. The van der Waals surface area contributed by atoms with Gasteiger partial charge in [0.2, 0.25) is 5.82 Å². The summed E-state index contributed by atoms with van der Waals surface area (Å²) in [7, 11) is 0. The van der Waals surface area contributed by atoms with Crippen molar-refractivity contribution in [2.75, 3.05) is 19.6 Å². The Morgan fingerprint density at radius 1 is 1.22 bits per heavy atom. The minimum atomic E-state index is -0.547. The van der Waals surface area contributed by atoms with Gasteiger partial charge < -0.3 is 25.1 Å². The summed E-state index contributed by atoms with van der Waals surface area (Å²) in [5.74, 6) is 2.59. The van der Waals surface area contributed by atoms with Gasteiger partial charge in [-0.15, -0.1) is 0 Å². The van der Waals surface area contributed by atoms with E-state index in [4.69, 9.17) is 14.1 Å². The zero-order chi connectivity index (χ0) is 23.6. The molecule has 32 heavy (non-hydrogen) atoms. The Hall–Kier alpha value is -3.04. The van der Waals surface area contributed by atoms with E-state index in [0.29, 0.717) is 37.1 Å². The number of aliphatic imine (C=N–C) groups is 1. The molecule has 0 radical (unpaired) electrons. The SMILES string of the molecule is CCNC(=NCC(CC)(CC)NC(=O)OC(C)(C)C)NCCc1nc(-c2ccco2)n[nH]1. The second kappa shape index (κ2) is 11.5. The maximum absolute atomic E-state index is 12.3. The summed E-state index contributed by atoms with van der Waals surface area (Å²) in [6.45, 7) is 13.4. The number of aromatic amines is 1. The highest BCUT2D eigenvalue weighted by atomic mass is 16.6. The lowest BCUT2D eigenvalue weighted by atomic mass is 9.93. The molecule has 0 atom stereocenters. The van der Waals surface area contributed by atoms with Crippen LogP contribution >= 0.6 is 0 Å². The molecule has 0 aromatic carbocycles. The van der Waals surface area contributed by atoms with Gasteiger partial charge in [-0.25, -0.2) is 9.78 Å². The number of alkyl carbamates (subject to hydrolysis) is 1. The zero-order valence-electron chi connectivity index (χ0n) is 20.0. The minimum absolute atomic E-state index is 0.424. The molecule has 1 amide bonds. The molecule has 0 unspecified atom stereocenters. The fourth-order valence-corrected chi connectivity index (χ4v) is 3.00. The fraction of sp³-hybridized carbons (Fsp3) is 0.636. The van der Waals surface area contributed by atoms with Gasteiger partial charge in [-0.2, -0.15) is 5.10 Å². The second-order valence-electron chi connectivity index (χ2n) is 8.57. The average Bonchev–Trinajstić information content (AvgIpc) is 3.41. The summed E-state index contributed by atoms with van der Waals surface area (Å²) in [6, 6.07) is 3.62. The van der Waals surface area contributed by atoms with Crippen LogP contribution < -0.4 is 16.0 Å². The number of hydrogen-bond donors (Lipinski definition) is 4. The lowest BCUT2D eigenvalue weighted by molar-refractivity contribution is 0.0452. The van der Waals surface area contributed by atoms with Gasteiger partial charge in [-0.3, -0.25) is 10.1 Å². The molecule has 0 spiro atoms. The van der Waals surface area contributed by atoms with E-state index in [-0.39, 0.29) is 0 Å². The van der Waals surface area contributed by atoms with Crippen LogP contribution in [0.1, 0.15) is 60.2 Å². The van der Waals surface area contributed by atoms with E-state index in [1.165, 1.54) is 0 Å². The Balaban J connectivity index is 1.95. The molecule has 10 nitrogen and oxygen atoms in total. The highest BCUT2D eigenvalue weighted by molar-refractivity contribution is 5.79. The first kappa shape index (κ1) is 25.2. The van der Waals surface area contributed by atoms with E-state index in [1.807, 2.05) is 47.6 Å². The first-order valence-electron chi connectivity index (χ1n) is 11.2. The zero-order valence-corrected chi connectivity index (χ0v) is 20.0. The molecule has 0 aliphatic rings. The Bertz CT molecular complexity index is 849. The third-order valence-electron chi connectivity index (χ3n) is 4.93. The van der Waals surface area contributed by atoms with Crippen molar-refractivity contribution in [2.45, 2.75) is 71.9 Å². The number of carbonyl (C=O) groups is 1. The number of ether oxygens (including phenoxy) is 1. The van der Waals surface area contributed by atoms with Crippen LogP contribution in [0.15, 0.2) is 27.8 Å². The van der Waals surface area contributed by atoms with E-state index in [9.17, 15) is 4.79 Å². The maximum atomic E-state index is 12.3. The predicted octanol–water partition coefficient (Wildman–Crippen LogP) is 3.25. The monoisotopic (exact) mass is 447 g/mol. The van der Waals surface area contributed by atoms with Crippen LogP contribution in [0.25, 0.3) is 11.6 Å². The largest absolute Gasteiger partial charge is 0.461 e. The molecule has 0 aliphatic heterocycles. The standard InChI is InChI=1S/C22H37N7O3/c1-7-22(8-2,27-20(30)32-21(4,5)6)15-25-19(23-9-3)24-13-12-17-26-18(29-28-17)16-11-10-14-31-16/h10-11,14H,7-9,12-13,15H2,1-6H3,(H,27,30)(H2,23,24,25)(H,26,28,29). The lowest BCUT2D eigenvalue weighted by Crippen LogP contribution is -2.52. The van der Waals surface area contributed by atoms with Crippen LogP contribution in [-0.4, -0.2) is 58.0 Å². The van der Waals surface area contributed by atoms with Crippen molar-refractivity contribution in [1.82, 2.24) is 31.1 Å². The quantitative estimate of drug-likeness (QED) is 0.325. The Labute approximate surface area is 190 Å². The smallest absolute Gasteiger partial charge is 0.408 e. The number of furan rings is 1. The number of H-pyrrole nitrogens is 1. The molecule has 2 heterocycles. The molecule has 2 aromatic rings. The van der Waals surface area contributed by atoms with E-state index in [1.54, 1.807) is 12.3 Å². The molecule has 0 fully saturated rings. The molecule has 0 saturated heterocycles. The minimum Gasteiger partial charge on any atom is -0.461 e. The molecular weight excluding hydrogens is 410 g/mol. The average molecular weight is 448 g/mol. The predicted molar refractivity (Wildman–Crippen MR) is 124 cm³/mol. The van der Waals surface area contributed by atoms with Crippen LogP contribution in [0.2, 0.25) is 0 Å². The van der Waals surface area contributed by atoms with Crippen LogP contribution in [0.3, 0.4) is 0 Å². The molecule has 0 bridgehead atoms. The van der Waals surface area contributed by atoms with Gasteiger partial charge >= 0.3 is 6.09 Å². The van der Waals surface area contributed by atoms with E-state index >= 15 is 0 Å². The molecule has 178 valence electrons. The van der Waals surface area contributed by atoms with Crippen LogP contribution in [0.5, 0.6) is 0 Å². The van der Waals surface area contributed by atoms with Gasteiger partial charge in [0.15, 0.2) is 11.7 Å². The molecule has 4 N–H and O–H groups in total. The first-order chi connectivity index (χ1) is 15.2. The van der Waals surface area contributed by atoms with Crippen LogP contribution in [0.4, 0.5) is 4.79 Å². The van der Waals surface area contributed by atoms with Crippen molar-refractivity contribution in [2.24, 2.45) is 4.99 Å². The molecule has 2 rings (SSSR count). The van der Waals surface area contributed by atoms with Crippen LogP contribution in [-0.2, 0) is 11.2 Å². The van der Waals surface area contributed by atoms with E-state index in [0.717, 1.165) is 25.2 Å². The molecular formula is C22H37N7O3. The number of rotatable bonds is 10. The topological polar surface area (TPSA) is 129 Å². The molecule has 0 saturated carbocycles. The van der Waals surface area contributed by atoms with Crippen molar-refractivity contribution in [3.8, 4) is 11.6 Å². The van der Waals surface area contributed by atoms with Crippen molar-refractivity contribution >= 4 is 12.1 Å². The molecule has 10 heteroatoms. The normalized spacial score (nSPS) is 12.5. The molecule has 2 aromatic heterocycles. The lowest BCUT2D eigenvalue weighted by Gasteiger charge is -2.32. The summed E-state index contributed by atoms with van der Waals surface area (Å²) in [6.07, 6.45) is 3.28. The highest BCUT2D eigenvalue weighted by Gasteiger charge is 2.30. The van der Waals surface area contributed by atoms with E-state index < -0.39 is 17.2 Å². The molecule has 0 aliphatic carbocycles. The number of guanidine groups is 1. The summed E-state index contributed by atoms with van der Waals surface area (Å²) in [5.41, 5.74) is -1.03. The number of nitrogens with zero attached hydrogens (tertiary/aromatic N) is 3. The maximum Gasteiger partial charge on any atom is 0.408 e. The Morgan fingerprint density at radius 2 is 1.97 bits per heavy atom. The Kier molecular flexibility index (Phi) is 9.10. The number of amides is 1. The highest BCUT2D eigenvalue weighted by Crippen LogP contribution is 2.18. The van der Waals surface area contributed by atoms with Gasteiger partial charge in [-0.05, 0) is 52.7 Å². The van der Waals surface area contributed by atoms with Gasteiger partial charge in [0, 0.05) is 19.5 Å². The third kappa shape index (κ3) is 7.90. The Morgan fingerprint density at radius 3 is 2.56 bits per heavy atom. The summed E-state index contributed by atoms with van der Waals surface area (Å²) in [5, 5.41) is 16.7. The van der Waals surface area contributed by atoms with E-state index in [2.05, 4.69) is 31.1 Å². The van der Waals surface area contributed by atoms with Gasteiger partial charge in [0.05, 0.1) is 18.3 Å². The van der Waals surface area contributed by atoms with Crippen molar-refractivity contribution in [1.29, 1.82) is 0 Å². The van der Waals surface area contributed by atoms with Gasteiger partial charge in [0.25, 0.3) is 0 Å². The van der Waals surface area contributed by atoms with Crippen molar-refractivity contribution < 1.29 is 13.9 Å². The number of aromatic nitrogens is 3. The number of hydrogen-bond acceptors (Lipinski definition) is 6. The van der Waals surface area contributed by atoms with Gasteiger partial charge in [0.1, 0.15) is 11.4 Å². The van der Waals surface area contributed by atoms with Crippen molar-refractivity contribution in [3.05, 3.63) is 24.2 Å². The van der Waals surface area contributed by atoms with Crippen molar-refractivity contribution in [3.63, 3.8) is 0 Å². The number of carbonyl (C=O) groups excluding carboxylic acids is 1. The van der Waals surface area contributed by atoms with Gasteiger partial charge in [-0.1, -0.05) is 13.8 Å². The second-order valence-corrected chi connectivity index (χ2v) is 8.57. The summed E-state index contributed by atoms with van der Waals surface area (Å²) in [4.78, 5) is 21.5. The fourth-order valence-electron chi connectivity index (χ4n) is 3.00.